The maximum atomic E-state index is 11.8. The number of nitrogens with one attached hydrogen (secondary N) is 1. The molecule has 0 radical (unpaired) electrons. The van der Waals surface area contributed by atoms with Crippen LogP contribution >= 0.6 is 23.1 Å². The number of amides is 1. The van der Waals surface area contributed by atoms with Crippen LogP contribution in [-0.2, 0) is 15.3 Å². The lowest BCUT2D eigenvalue weighted by Crippen LogP contribution is -2.45. The molecular formula is C13H20N2O3S2. The van der Waals surface area contributed by atoms with Crippen LogP contribution in [-0.4, -0.2) is 33.8 Å². The summed E-state index contributed by atoms with van der Waals surface area (Å²) in [4.78, 5) is 27.2. The molecule has 0 aliphatic rings. The van der Waals surface area contributed by atoms with Crippen molar-refractivity contribution >= 4 is 35.0 Å². The van der Waals surface area contributed by atoms with Gasteiger partial charge < -0.3 is 10.4 Å². The molecule has 0 unspecified atom stereocenters. The van der Waals surface area contributed by atoms with Gasteiger partial charge >= 0.3 is 5.97 Å². The molecule has 0 aliphatic heterocycles. The zero-order chi connectivity index (χ0) is 15.1. The minimum absolute atomic E-state index is 0.0809. The first-order valence-electron chi connectivity index (χ1n) is 6.45. The molecule has 112 valence electrons. The van der Waals surface area contributed by atoms with E-state index in [4.69, 9.17) is 5.11 Å². The summed E-state index contributed by atoms with van der Waals surface area (Å²) < 4.78 is 0. The van der Waals surface area contributed by atoms with Crippen molar-refractivity contribution in [1.82, 2.24) is 10.3 Å². The Morgan fingerprint density at radius 2 is 2.25 bits per heavy atom. The van der Waals surface area contributed by atoms with E-state index in [9.17, 15) is 9.59 Å². The Morgan fingerprint density at radius 3 is 2.75 bits per heavy atom. The van der Waals surface area contributed by atoms with E-state index >= 15 is 0 Å². The molecule has 2 atom stereocenters. The first-order chi connectivity index (χ1) is 9.43. The third kappa shape index (κ3) is 5.50. The Kier molecular flexibility index (Phi) is 7.01. The Bertz CT molecular complexity index is 462. The number of thiazole rings is 1. The standard InChI is InChI=1S/C13H20N2O3S2/c1-4-8(2)12(13(17)18)15-11(16)7-19-5-10-6-20-9(3)14-10/h6,8,12H,4-5,7H2,1-3H3,(H,15,16)(H,17,18)/t8-,12-/m0/s1. The molecular weight excluding hydrogens is 296 g/mol. The van der Waals surface area contributed by atoms with Crippen LogP contribution in [0.5, 0.6) is 0 Å². The smallest absolute Gasteiger partial charge is 0.326 e. The number of carbonyl (C=O) groups is 2. The SMILES string of the molecule is CC[C@H](C)[C@H](NC(=O)CSCc1csc(C)n1)C(=O)O. The second-order valence-corrected chi connectivity index (χ2v) is 6.67. The van der Waals surface area contributed by atoms with E-state index < -0.39 is 12.0 Å². The van der Waals surface area contributed by atoms with Crippen LogP contribution in [0.25, 0.3) is 0 Å². The molecule has 5 nitrogen and oxygen atoms in total. The quantitative estimate of drug-likeness (QED) is 0.769. The largest absolute Gasteiger partial charge is 0.480 e. The van der Waals surface area contributed by atoms with Crippen molar-refractivity contribution in [2.45, 2.75) is 39.0 Å². The molecule has 0 spiro atoms. The van der Waals surface area contributed by atoms with Gasteiger partial charge in [-0.25, -0.2) is 9.78 Å². The molecule has 20 heavy (non-hydrogen) atoms. The summed E-state index contributed by atoms with van der Waals surface area (Å²) in [7, 11) is 0. The molecule has 1 amide bonds. The van der Waals surface area contributed by atoms with Gasteiger partial charge in [-0.15, -0.1) is 23.1 Å². The van der Waals surface area contributed by atoms with Crippen LogP contribution in [0, 0.1) is 12.8 Å². The van der Waals surface area contributed by atoms with Gasteiger partial charge in [0.15, 0.2) is 0 Å². The second kappa shape index (κ2) is 8.26. The maximum Gasteiger partial charge on any atom is 0.326 e. The zero-order valence-corrected chi connectivity index (χ0v) is 13.5. The van der Waals surface area contributed by atoms with Gasteiger partial charge in [0.1, 0.15) is 6.04 Å². The third-order valence-corrected chi connectivity index (χ3v) is 4.73. The van der Waals surface area contributed by atoms with E-state index in [1.54, 1.807) is 11.3 Å². The summed E-state index contributed by atoms with van der Waals surface area (Å²) in [5.74, 6) is -0.388. The molecule has 7 heteroatoms. The van der Waals surface area contributed by atoms with E-state index in [2.05, 4.69) is 10.3 Å². The molecule has 1 aromatic rings. The molecule has 1 aromatic heterocycles. The number of aromatic nitrogens is 1. The number of aliphatic carboxylic acids is 1. The average Bonchev–Trinajstić information content (AvgIpc) is 2.80. The predicted molar refractivity (Wildman–Crippen MR) is 82.0 cm³/mol. The number of aryl methyl sites for hydroxylation is 1. The summed E-state index contributed by atoms with van der Waals surface area (Å²) in [5, 5.41) is 14.7. The highest BCUT2D eigenvalue weighted by molar-refractivity contribution is 7.99. The van der Waals surface area contributed by atoms with Crippen molar-refractivity contribution < 1.29 is 14.7 Å². The van der Waals surface area contributed by atoms with Gasteiger partial charge in [-0.05, 0) is 12.8 Å². The number of hydrogen-bond acceptors (Lipinski definition) is 5. The molecule has 0 saturated carbocycles. The lowest BCUT2D eigenvalue weighted by Gasteiger charge is -2.19. The highest BCUT2D eigenvalue weighted by atomic mass is 32.2. The Labute approximate surface area is 127 Å². The summed E-state index contributed by atoms with van der Waals surface area (Å²) in [5.41, 5.74) is 0.960. The summed E-state index contributed by atoms with van der Waals surface area (Å²) in [6.45, 7) is 5.67. The van der Waals surface area contributed by atoms with Crippen LogP contribution in [0.1, 0.15) is 31.0 Å². The zero-order valence-electron chi connectivity index (χ0n) is 11.9. The Balaban J connectivity index is 2.36. The second-order valence-electron chi connectivity index (χ2n) is 4.62. The fraction of sp³-hybridized carbons (Fsp3) is 0.615. The number of thioether (sulfide) groups is 1. The molecule has 0 bridgehead atoms. The van der Waals surface area contributed by atoms with Gasteiger partial charge in [0, 0.05) is 11.1 Å². The number of nitrogens with zero attached hydrogens (tertiary/aromatic N) is 1. The van der Waals surface area contributed by atoms with Gasteiger partial charge in [0.2, 0.25) is 5.91 Å². The molecule has 1 heterocycles. The van der Waals surface area contributed by atoms with Crippen LogP contribution in [0.3, 0.4) is 0 Å². The summed E-state index contributed by atoms with van der Waals surface area (Å²) >= 11 is 3.02. The van der Waals surface area contributed by atoms with E-state index in [0.717, 1.165) is 10.7 Å². The number of hydrogen-bond donors (Lipinski definition) is 2. The van der Waals surface area contributed by atoms with Crippen molar-refractivity contribution in [2.24, 2.45) is 5.92 Å². The van der Waals surface area contributed by atoms with Crippen molar-refractivity contribution in [1.29, 1.82) is 0 Å². The van der Waals surface area contributed by atoms with Gasteiger partial charge in [0.25, 0.3) is 0 Å². The molecule has 0 fully saturated rings. The van der Waals surface area contributed by atoms with E-state index in [-0.39, 0.29) is 17.6 Å². The minimum atomic E-state index is -0.979. The molecule has 0 aromatic carbocycles. The fourth-order valence-electron chi connectivity index (χ4n) is 1.62. The number of carbonyl (C=O) groups excluding carboxylic acids is 1. The van der Waals surface area contributed by atoms with E-state index in [0.29, 0.717) is 12.2 Å². The van der Waals surface area contributed by atoms with Crippen molar-refractivity contribution in [2.75, 3.05) is 5.75 Å². The first-order valence-corrected chi connectivity index (χ1v) is 8.48. The predicted octanol–water partition coefficient (Wildman–Crippen LogP) is 2.30. The third-order valence-electron chi connectivity index (χ3n) is 2.95. The van der Waals surface area contributed by atoms with Crippen LogP contribution in [0.4, 0.5) is 0 Å². The minimum Gasteiger partial charge on any atom is -0.480 e. The molecule has 2 N–H and O–H groups in total. The first kappa shape index (κ1) is 17.0. The van der Waals surface area contributed by atoms with Crippen molar-refractivity contribution in [3.05, 3.63) is 16.1 Å². The van der Waals surface area contributed by atoms with E-state index in [1.165, 1.54) is 11.8 Å². The number of carboxylic acid groups (broad SMARTS) is 1. The highest BCUT2D eigenvalue weighted by Gasteiger charge is 2.24. The van der Waals surface area contributed by atoms with Gasteiger partial charge in [-0.3, -0.25) is 4.79 Å². The Hall–Kier alpha value is -1.08. The molecule has 1 rings (SSSR count). The summed E-state index contributed by atoms with van der Waals surface area (Å²) in [6, 6.07) is -0.811. The highest BCUT2D eigenvalue weighted by Crippen LogP contribution is 2.15. The fourth-order valence-corrected chi connectivity index (χ4v) is 3.07. The lowest BCUT2D eigenvalue weighted by molar-refractivity contribution is -0.143. The average molecular weight is 316 g/mol. The normalized spacial score (nSPS) is 13.8. The molecule has 0 saturated heterocycles. The number of rotatable bonds is 8. The monoisotopic (exact) mass is 316 g/mol. The lowest BCUT2D eigenvalue weighted by atomic mass is 9.99. The van der Waals surface area contributed by atoms with Crippen LogP contribution in [0.15, 0.2) is 5.38 Å². The van der Waals surface area contributed by atoms with E-state index in [1.807, 2.05) is 26.2 Å². The van der Waals surface area contributed by atoms with Gasteiger partial charge in [0.05, 0.1) is 16.5 Å². The summed E-state index contributed by atoms with van der Waals surface area (Å²) in [6.07, 6.45) is 0.711. The Morgan fingerprint density at radius 1 is 1.55 bits per heavy atom. The van der Waals surface area contributed by atoms with Crippen molar-refractivity contribution in [3.63, 3.8) is 0 Å². The van der Waals surface area contributed by atoms with Crippen LogP contribution in [0.2, 0.25) is 0 Å². The maximum absolute atomic E-state index is 11.8. The molecule has 0 aliphatic carbocycles. The topological polar surface area (TPSA) is 79.3 Å². The van der Waals surface area contributed by atoms with Crippen molar-refractivity contribution in [3.8, 4) is 0 Å². The van der Waals surface area contributed by atoms with Gasteiger partial charge in [-0.1, -0.05) is 20.3 Å². The van der Waals surface area contributed by atoms with Crippen LogP contribution < -0.4 is 5.32 Å². The van der Waals surface area contributed by atoms with Gasteiger partial charge in [-0.2, -0.15) is 0 Å². The number of carboxylic acids is 1.